The van der Waals surface area contributed by atoms with E-state index in [1.807, 2.05) is 11.9 Å². The fourth-order valence-corrected chi connectivity index (χ4v) is 1.75. The van der Waals surface area contributed by atoms with Crippen LogP contribution in [0.3, 0.4) is 0 Å². The first-order chi connectivity index (χ1) is 6.02. The first-order valence-corrected chi connectivity index (χ1v) is 4.16. The summed E-state index contributed by atoms with van der Waals surface area (Å²) in [6, 6.07) is 0. The van der Waals surface area contributed by atoms with Gasteiger partial charge < -0.3 is 15.1 Å². The highest BCUT2D eigenvalue weighted by Gasteiger charge is 2.37. The number of carboxylic acids is 2. The average molecular weight is 187 g/mol. The normalized spacial score (nSPS) is 23.7. The fourth-order valence-electron chi connectivity index (χ4n) is 1.75. The van der Waals surface area contributed by atoms with E-state index >= 15 is 0 Å². The van der Waals surface area contributed by atoms with Crippen molar-refractivity contribution in [1.82, 2.24) is 4.90 Å². The molecule has 0 spiro atoms. The zero-order valence-corrected chi connectivity index (χ0v) is 7.43. The van der Waals surface area contributed by atoms with Crippen LogP contribution in [-0.4, -0.2) is 47.2 Å². The first-order valence-electron chi connectivity index (χ1n) is 4.16. The van der Waals surface area contributed by atoms with E-state index in [0.717, 1.165) is 6.54 Å². The van der Waals surface area contributed by atoms with E-state index < -0.39 is 17.9 Å². The smallest absolute Gasteiger partial charge is 0.318 e. The quantitative estimate of drug-likeness (QED) is 0.594. The Morgan fingerprint density at radius 3 is 2.23 bits per heavy atom. The van der Waals surface area contributed by atoms with Crippen molar-refractivity contribution in [2.75, 3.05) is 20.1 Å². The van der Waals surface area contributed by atoms with Gasteiger partial charge in [0.25, 0.3) is 0 Å². The highest BCUT2D eigenvalue weighted by Crippen LogP contribution is 2.23. The lowest BCUT2D eigenvalue weighted by molar-refractivity contribution is -0.157. The minimum Gasteiger partial charge on any atom is -0.481 e. The summed E-state index contributed by atoms with van der Waals surface area (Å²) < 4.78 is 0. The van der Waals surface area contributed by atoms with E-state index in [1.165, 1.54) is 0 Å². The minimum absolute atomic E-state index is 0.250. The lowest BCUT2D eigenvalue weighted by Gasteiger charge is -2.14. The van der Waals surface area contributed by atoms with Crippen molar-refractivity contribution in [3.63, 3.8) is 0 Å². The van der Waals surface area contributed by atoms with Gasteiger partial charge >= 0.3 is 11.9 Å². The molecule has 0 bridgehead atoms. The van der Waals surface area contributed by atoms with Crippen molar-refractivity contribution in [2.45, 2.75) is 6.42 Å². The second-order valence-corrected chi connectivity index (χ2v) is 3.47. The van der Waals surface area contributed by atoms with Gasteiger partial charge in [0, 0.05) is 6.54 Å². The molecule has 13 heavy (non-hydrogen) atoms. The monoisotopic (exact) mass is 187 g/mol. The van der Waals surface area contributed by atoms with Crippen molar-refractivity contribution in [3.8, 4) is 0 Å². The molecular weight excluding hydrogens is 174 g/mol. The lowest BCUT2D eigenvalue weighted by atomic mass is 9.92. The van der Waals surface area contributed by atoms with Gasteiger partial charge in [-0.05, 0) is 25.9 Å². The third kappa shape index (κ3) is 2.18. The van der Waals surface area contributed by atoms with Crippen molar-refractivity contribution < 1.29 is 19.8 Å². The molecule has 1 rings (SSSR count). The molecule has 1 aliphatic rings. The first kappa shape index (κ1) is 9.98. The van der Waals surface area contributed by atoms with E-state index in [1.54, 1.807) is 0 Å². The largest absolute Gasteiger partial charge is 0.481 e. The van der Waals surface area contributed by atoms with Crippen LogP contribution in [0.1, 0.15) is 6.42 Å². The van der Waals surface area contributed by atoms with Gasteiger partial charge in [-0.15, -0.1) is 0 Å². The molecule has 5 nitrogen and oxygen atoms in total. The average Bonchev–Trinajstić information content (AvgIpc) is 2.34. The van der Waals surface area contributed by atoms with E-state index in [-0.39, 0.29) is 5.92 Å². The maximum Gasteiger partial charge on any atom is 0.318 e. The number of aliphatic carboxylic acids is 2. The summed E-state index contributed by atoms with van der Waals surface area (Å²) in [5, 5.41) is 17.4. The zero-order chi connectivity index (χ0) is 10.0. The summed E-state index contributed by atoms with van der Waals surface area (Å²) in [5.74, 6) is -3.95. The Bertz CT molecular complexity index is 214. The van der Waals surface area contributed by atoms with Crippen LogP contribution in [-0.2, 0) is 9.59 Å². The number of carboxylic acid groups (broad SMARTS) is 2. The Hall–Kier alpha value is -1.10. The Balaban J connectivity index is 2.66. The molecule has 0 aromatic heterocycles. The summed E-state index contributed by atoms with van der Waals surface area (Å²) in [7, 11) is 1.86. The molecule has 74 valence electrons. The van der Waals surface area contributed by atoms with E-state index in [0.29, 0.717) is 13.0 Å². The zero-order valence-electron chi connectivity index (χ0n) is 7.43. The maximum atomic E-state index is 10.6. The predicted octanol–water partition coefficient (Wildman–Crippen LogP) is -0.276. The Morgan fingerprint density at radius 2 is 1.92 bits per heavy atom. The van der Waals surface area contributed by atoms with Crippen LogP contribution >= 0.6 is 0 Å². The van der Waals surface area contributed by atoms with E-state index in [2.05, 4.69) is 0 Å². The second-order valence-electron chi connectivity index (χ2n) is 3.47. The molecule has 0 aromatic rings. The SMILES string of the molecule is CN1CC[C@H](C(C(=O)O)C(=O)O)C1. The van der Waals surface area contributed by atoms with Crippen LogP contribution in [0.2, 0.25) is 0 Å². The molecule has 2 N–H and O–H groups in total. The van der Waals surface area contributed by atoms with E-state index in [9.17, 15) is 9.59 Å². The molecule has 0 radical (unpaired) electrons. The highest BCUT2D eigenvalue weighted by molar-refractivity contribution is 5.93. The van der Waals surface area contributed by atoms with Gasteiger partial charge in [-0.3, -0.25) is 9.59 Å². The summed E-state index contributed by atoms with van der Waals surface area (Å²) in [6.45, 7) is 1.34. The van der Waals surface area contributed by atoms with Crippen LogP contribution in [0.15, 0.2) is 0 Å². The number of rotatable bonds is 3. The van der Waals surface area contributed by atoms with Crippen molar-refractivity contribution >= 4 is 11.9 Å². The van der Waals surface area contributed by atoms with Crippen LogP contribution in [0.5, 0.6) is 0 Å². The number of hydrogen-bond donors (Lipinski definition) is 2. The van der Waals surface area contributed by atoms with Crippen molar-refractivity contribution in [1.29, 1.82) is 0 Å². The molecule has 0 aliphatic carbocycles. The van der Waals surface area contributed by atoms with E-state index in [4.69, 9.17) is 10.2 Å². The molecule has 1 aliphatic heterocycles. The fraction of sp³-hybridized carbons (Fsp3) is 0.750. The third-order valence-electron chi connectivity index (χ3n) is 2.43. The highest BCUT2D eigenvalue weighted by atomic mass is 16.4. The Kier molecular flexibility index (Phi) is 2.87. The van der Waals surface area contributed by atoms with Crippen molar-refractivity contribution in [2.24, 2.45) is 11.8 Å². The van der Waals surface area contributed by atoms with Gasteiger partial charge in [0.2, 0.25) is 0 Å². The predicted molar refractivity (Wildman–Crippen MR) is 44.4 cm³/mol. The molecule has 0 amide bonds. The number of hydrogen-bond acceptors (Lipinski definition) is 3. The molecule has 1 saturated heterocycles. The molecule has 1 heterocycles. The number of nitrogens with zero attached hydrogens (tertiary/aromatic N) is 1. The van der Waals surface area contributed by atoms with Gasteiger partial charge in [-0.25, -0.2) is 0 Å². The lowest BCUT2D eigenvalue weighted by Crippen LogP contribution is -2.32. The topological polar surface area (TPSA) is 77.8 Å². The molecular formula is C8H13NO4. The third-order valence-corrected chi connectivity index (χ3v) is 2.43. The van der Waals surface area contributed by atoms with Gasteiger partial charge in [0.1, 0.15) is 0 Å². The van der Waals surface area contributed by atoms with Crippen LogP contribution in [0.25, 0.3) is 0 Å². The number of likely N-dealkylation sites (tertiary alicyclic amines) is 1. The summed E-state index contributed by atoms with van der Waals surface area (Å²) >= 11 is 0. The van der Waals surface area contributed by atoms with Gasteiger partial charge in [-0.2, -0.15) is 0 Å². The Morgan fingerprint density at radius 1 is 1.38 bits per heavy atom. The molecule has 0 saturated carbocycles. The molecule has 0 aromatic carbocycles. The molecule has 5 heteroatoms. The number of carbonyl (C=O) groups is 2. The minimum atomic E-state index is -1.25. The Labute approximate surface area is 76.0 Å². The van der Waals surface area contributed by atoms with Gasteiger partial charge in [0.15, 0.2) is 5.92 Å². The summed E-state index contributed by atoms with van der Waals surface area (Å²) in [6.07, 6.45) is 0.653. The standard InChI is InChI=1S/C8H13NO4/c1-9-3-2-5(4-9)6(7(10)11)8(12)13/h5-6H,2-4H2,1H3,(H,10,11)(H,12,13)/t5-/m0/s1. The molecule has 1 fully saturated rings. The second kappa shape index (κ2) is 3.74. The van der Waals surface area contributed by atoms with Crippen LogP contribution < -0.4 is 0 Å². The summed E-state index contributed by atoms with van der Waals surface area (Å²) in [4.78, 5) is 23.2. The van der Waals surface area contributed by atoms with Gasteiger partial charge in [-0.1, -0.05) is 0 Å². The molecule has 0 unspecified atom stereocenters. The van der Waals surface area contributed by atoms with Gasteiger partial charge in [0.05, 0.1) is 0 Å². The maximum absolute atomic E-state index is 10.6. The summed E-state index contributed by atoms with van der Waals surface area (Å²) in [5.41, 5.74) is 0. The van der Waals surface area contributed by atoms with Crippen LogP contribution in [0.4, 0.5) is 0 Å². The van der Waals surface area contributed by atoms with Crippen molar-refractivity contribution in [3.05, 3.63) is 0 Å². The molecule has 1 atom stereocenters. The van der Waals surface area contributed by atoms with Crippen LogP contribution in [0, 0.1) is 11.8 Å².